The Morgan fingerprint density at radius 3 is 2.79 bits per heavy atom. The molecule has 0 spiro atoms. The third-order valence-electron chi connectivity index (χ3n) is 4.13. The molecular formula is C20H20BrN3O3S. The van der Waals surface area contributed by atoms with E-state index in [0.29, 0.717) is 28.8 Å². The maximum absolute atomic E-state index is 12.7. The van der Waals surface area contributed by atoms with Crippen LogP contribution in [0.4, 0.5) is 11.4 Å². The Kier molecular flexibility index (Phi) is 6.74. The van der Waals surface area contributed by atoms with Crippen molar-refractivity contribution in [2.45, 2.75) is 18.6 Å². The number of anilines is 1. The number of hydrogen-bond acceptors (Lipinski definition) is 5. The Balaban J connectivity index is 1.73. The van der Waals surface area contributed by atoms with Crippen LogP contribution in [0.5, 0.6) is 5.75 Å². The number of nitrogens with zero attached hydrogens (tertiary/aromatic N) is 2. The summed E-state index contributed by atoms with van der Waals surface area (Å²) in [5, 5.41) is 2.95. The summed E-state index contributed by atoms with van der Waals surface area (Å²) in [5.41, 5.74) is 1.38. The van der Waals surface area contributed by atoms with Crippen molar-refractivity contribution in [2.75, 3.05) is 19.0 Å². The number of amides is 2. The number of benzene rings is 2. The number of ether oxygens (including phenoxy) is 1. The molecule has 0 radical (unpaired) electrons. The highest BCUT2D eigenvalue weighted by Gasteiger charge is 2.38. The minimum Gasteiger partial charge on any atom is -0.497 e. The molecule has 1 saturated heterocycles. The molecule has 0 aromatic heterocycles. The van der Waals surface area contributed by atoms with E-state index in [1.54, 1.807) is 24.1 Å². The normalized spacial score (nSPS) is 17.8. The van der Waals surface area contributed by atoms with Crippen molar-refractivity contribution in [3.8, 4) is 5.75 Å². The van der Waals surface area contributed by atoms with Crippen molar-refractivity contribution >= 4 is 56.0 Å². The summed E-state index contributed by atoms with van der Waals surface area (Å²) < 4.78 is 6.02. The smallest absolute Gasteiger partial charge is 0.242 e. The molecule has 2 aromatic rings. The zero-order chi connectivity index (χ0) is 20.1. The fourth-order valence-electron chi connectivity index (χ4n) is 2.74. The van der Waals surface area contributed by atoms with Gasteiger partial charge in [-0.15, -0.1) is 0 Å². The highest BCUT2D eigenvalue weighted by Crippen LogP contribution is 2.32. The van der Waals surface area contributed by atoms with E-state index in [1.165, 1.54) is 11.8 Å². The number of aliphatic imine (C=N–C) groups is 1. The summed E-state index contributed by atoms with van der Waals surface area (Å²) in [6, 6.07) is 14.7. The first-order valence-corrected chi connectivity index (χ1v) is 10.4. The van der Waals surface area contributed by atoms with Gasteiger partial charge >= 0.3 is 0 Å². The van der Waals surface area contributed by atoms with E-state index in [0.717, 1.165) is 4.47 Å². The van der Waals surface area contributed by atoms with Crippen LogP contribution in [0.3, 0.4) is 0 Å². The van der Waals surface area contributed by atoms with Gasteiger partial charge in [0.2, 0.25) is 11.8 Å². The molecule has 0 bridgehead atoms. The van der Waals surface area contributed by atoms with Gasteiger partial charge in [-0.25, -0.2) is 4.99 Å². The topological polar surface area (TPSA) is 71.0 Å². The van der Waals surface area contributed by atoms with E-state index in [2.05, 4.69) is 26.2 Å². The second kappa shape index (κ2) is 9.25. The number of para-hydroxylation sites is 1. The molecule has 1 unspecified atom stereocenters. The predicted octanol–water partition coefficient (Wildman–Crippen LogP) is 4.44. The number of carbonyl (C=O) groups excluding carboxylic acids is 2. The van der Waals surface area contributed by atoms with Crippen LogP contribution < -0.4 is 10.1 Å². The van der Waals surface area contributed by atoms with Gasteiger partial charge < -0.3 is 10.1 Å². The Labute approximate surface area is 176 Å². The number of methoxy groups -OCH3 is 1. The van der Waals surface area contributed by atoms with E-state index in [9.17, 15) is 9.59 Å². The van der Waals surface area contributed by atoms with Crippen molar-refractivity contribution in [3.63, 3.8) is 0 Å². The summed E-state index contributed by atoms with van der Waals surface area (Å²) in [6.07, 6.45) is 0.0818. The molecule has 2 aromatic carbocycles. The van der Waals surface area contributed by atoms with Crippen LogP contribution in [0.1, 0.15) is 13.3 Å². The number of nitrogens with one attached hydrogen (secondary N) is 1. The summed E-state index contributed by atoms with van der Waals surface area (Å²) in [4.78, 5) is 31.4. The molecule has 28 heavy (non-hydrogen) atoms. The van der Waals surface area contributed by atoms with Crippen LogP contribution in [-0.4, -0.2) is 40.8 Å². The maximum Gasteiger partial charge on any atom is 0.242 e. The minimum atomic E-state index is -0.494. The number of rotatable bonds is 6. The van der Waals surface area contributed by atoms with Crippen LogP contribution in [0.15, 0.2) is 58.0 Å². The summed E-state index contributed by atoms with van der Waals surface area (Å²) in [7, 11) is 1.60. The van der Waals surface area contributed by atoms with Crippen molar-refractivity contribution in [1.82, 2.24) is 4.90 Å². The average molecular weight is 462 g/mol. The van der Waals surface area contributed by atoms with Gasteiger partial charge in [0.15, 0.2) is 5.17 Å². The standard InChI is InChI=1S/C20H20BrN3O3S/c1-3-24-19(26)17(12-18(25)23-16-10-5-4-9-15(16)21)28-20(24)22-13-7-6-8-14(11-13)27-2/h4-11,17H,3,12H2,1-2H3,(H,23,25). The van der Waals surface area contributed by atoms with Crippen LogP contribution in [-0.2, 0) is 9.59 Å². The molecule has 6 nitrogen and oxygen atoms in total. The summed E-state index contributed by atoms with van der Waals surface area (Å²) >= 11 is 4.72. The number of carbonyl (C=O) groups is 2. The number of halogens is 1. The van der Waals surface area contributed by atoms with Gasteiger partial charge in [-0.05, 0) is 47.1 Å². The van der Waals surface area contributed by atoms with Crippen molar-refractivity contribution in [2.24, 2.45) is 4.99 Å². The van der Waals surface area contributed by atoms with E-state index < -0.39 is 5.25 Å². The monoisotopic (exact) mass is 461 g/mol. The third kappa shape index (κ3) is 4.74. The lowest BCUT2D eigenvalue weighted by atomic mass is 10.2. The first-order valence-electron chi connectivity index (χ1n) is 8.77. The van der Waals surface area contributed by atoms with Crippen LogP contribution in [0.2, 0.25) is 0 Å². The minimum absolute atomic E-state index is 0.0818. The van der Waals surface area contributed by atoms with Gasteiger partial charge in [-0.1, -0.05) is 30.0 Å². The number of hydrogen-bond donors (Lipinski definition) is 1. The molecule has 1 aliphatic heterocycles. The molecule has 146 valence electrons. The first-order chi connectivity index (χ1) is 13.5. The Bertz CT molecular complexity index is 919. The molecule has 1 fully saturated rings. The zero-order valence-electron chi connectivity index (χ0n) is 15.5. The molecule has 3 rings (SSSR count). The predicted molar refractivity (Wildman–Crippen MR) is 116 cm³/mol. The molecule has 1 aliphatic rings. The largest absolute Gasteiger partial charge is 0.497 e. The van der Waals surface area contributed by atoms with Crippen molar-refractivity contribution in [3.05, 3.63) is 53.0 Å². The van der Waals surface area contributed by atoms with E-state index in [1.807, 2.05) is 43.3 Å². The lowest BCUT2D eigenvalue weighted by molar-refractivity contribution is -0.128. The fraction of sp³-hybridized carbons (Fsp3) is 0.250. The number of amidine groups is 1. The van der Waals surface area contributed by atoms with Gasteiger partial charge in [-0.3, -0.25) is 14.5 Å². The highest BCUT2D eigenvalue weighted by molar-refractivity contribution is 9.10. The van der Waals surface area contributed by atoms with Gasteiger partial charge in [-0.2, -0.15) is 0 Å². The summed E-state index contributed by atoms with van der Waals surface area (Å²) in [6.45, 7) is 2.39. The van der Waals surface area contributed by atoms with E-state index in [-0.39, 0.29) is 18.2 Å². The zero-order valence-corrected chi connectivity index (χ0v) is 17.9. The second-order valence-electron chi connectivity index (χ2n) is 6.02. The molecule has 1 heterocycles. The quantitative estimate of drug-likeness (QED) is 0.689. The molecule has 8 heteroatoms. The van der Waals surface area contributed by atoms with E-state index >= 15 is 0 Å². The van der Waals surface area contributed by atoms with Gasteiger partial charge in [0, 0.05) is 23.5 Å². The lowest BCUT2D eigenvalue weighted by Gasteiger charge is -2.13. The van der Waals surface area contributed by atoms with Crippen molar-refractivity contribution in [1.29, 1.82) is 0 Å². The Morgan fingerprint density at radius 1 is 1.29 bits per heavy atom. The van der Waals surface area contributed by atoms with Crippen LogP contribution in [0, 0.1) is 0 Å². The number of thioether (sulfide) groups is 1. The second-order valence-corrected chi connectivity index (χ2v) is 8.04. The average Bonchev–Trinajstić information content (AvgIpc) is 2.97. The molecule has 1 atom stereocenters. The van der Waals surface area contributed by atoms with Crippen LogP contribution in [0.25, 0.3) is 0 Å². The lowest BCUT2D eigenvalue weighted by Crippen LogP contribution is -2.33. The van der Waals surface area contributed by atoms with Gasteiger partial charge in [0.25, 0.3) is 0 Å². The molecular weight excluding hydrogens is 442 g/mol. The Morgan fingerprint density at radius 2 is 2.07 bits per heavy atom. The SMILES string of the molecule is CCN1C(=O)C(CC(=O)Nc2ccccc2Br)SC1=Nc1cccc(OC)c1. The molecule has 2 amide bonds. The highest BCUT2D eigenvalue weighted by atomic mass is 79.9. The fourth-order valence-corrected chi connectivity index (χ4v) is 4.34. The third-order valence-corrected chi connectivity index (χ3v) is 6.00. The molecule has 1 N–H and O–H groups in total. The Hall–Kier alpha value is -2.32. The molecule has 0 saturated carbocycles. The maximum atomic E-state index is 12.7. The van der Waals surface area contributed by atoms with Crippen molar-refractivity contribution < 1.29 is 14.3 Å². The first kappa shape index (κ1) is 20.4. The van der Waals surface area contributed by atoms with E-state index in [4.69, 9.17) is 4.74 Å². The van der Waals surface area contributed by atoms with Gasteiger partial charge in [0.05, 0.1) is 18.5 Å². The molecule has 0 aliphatic carbocycles. The van der Waals surface area contributed by atoms with Crippen LogP contribution >= 0.6 is 27.7 Å². The summed E-state index contributed by atoms with van der Waals surface area (Å²) in [5.74, 6) is 0.386. The van der Waals surface area contributed by atoms with Gasteiger partial charge in [0.1, 0.15) is 11.0 Å².